The maximum absolute atomic E-state index is 6.40. The minimum absolute atomic E-state index is 0.273. The summed E-state index contributed by atoms with van der Waals surface area (Å²) in [5, 5.41) is 2.26. The normalized spacial score (nSPS) is 16.9. The van der Waals surface area contributed by atoms with Crippen molar-refractivity contribution in [2.75, 3.05) is 0 Å². The van der Waals surface area contributed by atoms with E-state index in [1.54, 1.807) is 0 Å². The van der Waals surface area contributed by atoms with E-state index in [4.69, 9.17) is 9.31 Å². The molecule has 0 aliphatic carbocycles. The molecule has 3 heterocycles. The third-order valence-corrected chi connectivity index (χ3v) is 10.2. The van der Waals surface area contributed by atoms with E-state index >= 15 is 0 Å². The maximum atomic E-state index is 6.40. The van der Waals surface area contributed by atoms with E-state index in [1.807, 2.05) is 22.7 Å². The Labute approximate surface area is 236 Å². The van der Waals surface area contributed by atoms with Gasteiger partial charge in [-0.3, -0.25) is 0 Å². The third kappa shape index (κ3) is 9.09. The molecule has 2 aromatic rings. The van der Waals surface area contributed by atoms with Crippen molar-refractivity contribution in [1.82, 2.24) is 0 Å². The molecular weight excluding hydrogens is 491 g/mol. The van der Waals surface area contributed by atoms with Crippen molar-refractivity contribution >= 4 is 46.7 Å². The molecule has 0 bridgehead atoms. The van der Waals surface area contributed by atoms with Crippen LogP contribution in [0.2, 0.25) is 0 Å². The van der Waals surface area contributed by atoms with Crippen molar-refractivity contribution in [1.29, 1.82) is 0 Å². The lowest BCUT2D eigenvalue weighted by Gasteiger charge is -2.32. The van der Waals surface area contributed by atoms with Crippen molar-refractivity contribution < 1.29 is 9.31 Å². The predicted molar refractivity (Wildman–Crippen MR) is 167 cm³/mol. The third-order valence-electron chi connectivity index (χ3n) is 8.11. The average molecular weight is 543 g/mol. The molecule has 206 valence electrons. The van der Waals surface area contributed by atoms with E-state index < -0.39 is 0 Å². The molecular formula is C32H51BO2S2. The first kappa shape index (κ1) is 30.7. The Hall–Kier alpha value is -0.875. The molecule has 0 unspecified atom stereocenters. The van der Waals surface area contributed by atoms with E-state index in [0.717, 1.165) is 6.42 Å². The van der Waals surface area contributed by atoms with E-state index in [0.29, 0.717) is 0 Å². The number of rotatable bonds is 17. The molecule has 1 aliphatic heterocycles. The first-order valence-corrected chi connectivity index (χ1v) is 16.7. The standard InChI is InChI=1S/C32H51BO2S2/c1-7-9-11-13-15-17-19-26-23-24-36-28(26)21-22-29-27(20-18-16-14-12-10-8-2)25-30(37-29)33-34-31(3,4)32(5,6)35-33/h21-25H,7-20H2,1-6H3. The van der Waals surface area contributed by atoms with E-state index in [9.17, 15) is 0 Å². The van der Waals surface area contributed by atoms with Crippen LogP contribution in [0.5, 0.6) is 0 Å². The Morgan fingerprint density at radius 3 is 1.81 bits per heavy atom. The minimum atomic E-state index is -0.306. The van der Waals surface area contributed by atoms with Gasteiger partial charge in [0.05, 0.1) is 11.2 Å². The molecule has 5 heteroatoms. The summed E-state index contributed by atoms with van der Waals surface area (Å²) in [5.41, 5.74) is 2.35. The fourth-order valence-electron chi connectivity index (χ4n) is 4.92. The topological polar surface area (TPSA) is 18.5 Å². The number of hydrogen-bond donors (Lipinski definition) is 0. The van der Waals surface area contributed by atoms with Crippen LogP contribution in [-0.2, 0) is 22.2 Å². The zero-order chi connectivity index (χ0) is 26.7. The second-order valence-corrected chi connectivity index (χ2v) is 13.9. The van der Waals surface area contributed by atoms with Crippen molar-refractivity contribution in [2.45, 2.75) is 143 Å². The van der Waals surface area contributed by atoms with Crippen LogP contribution in [-0.4, -0.2) is 18.3 Å². The van der Waals surface area contributed by atoms with Gasteiger partial charge in [-0.1, -0.05) is 78.1 Å². The molecule has 2 aromatic heterocycles. The highest BCUT2D eigenvalue weighted by molar-refractivity contribution is 7.23. The van der Waals surface area contributed by atoms with Gasteiger partial charge in [-0.25, -0.2) is 0 Å². The van der Waals surface area contributed by atoms with Gasteiger partial charge in [0.1, 0.15) is 0 Å². The van der Waals surface area contributed by atoms with Gasteiger partial charge >= 0.3 is 7.12 Å². The summed E-state index contributed by atoms with van der Waals surface area (Å²) >= 11 is 3.73. The smallest absolute Gasteiger partial charge is 0.399 e. The lowest BCUT2D eigenvalue weighted by Crippen LogP contribution is -2.41. The van der Waals surface area contributed by atoms with Crippen molar-refractivity contribution in [3.63, 3.8) is 0 Å². The zero-order valence-corrected chi connectivity index (χ0v) is 26.1. The van der Waals surface area contributed by atoms with E-state index in [-0.39, 0.29) is 18.3 Å². The lowest BCUT2D eigenvalue weighted by molar-refractivity contribution is 0.00578. The molecule has 1 saturated heterocycles. The summed E-state index contributed by atoms with van der Waals surface area (Å²) in [6, 6.07) is 4.70. The molecule has 0 spiro atoms. The Morgan fingerprint density at radius 2 is 1.22 bits per heavy atom. The summed E-state index contributed by atoms with van der Waals surface area (Å²) in [7, 11) is -0.273. The Bertz CT molecular complexity index is 940. The van der Waals surface area contributed by atoms with Gasteiger partial charge in [0.25, 0.3) is 0 Å². The monoisotopic (exact) mass is 542 g/mol. The SMILES string of the molecule is CCCCCCCCc1ccsc1C=Cc1sc(B2OC(C)(C)C(C)(C)O2)cc1CCCCCCCC. The highest BCUT2D eigenvalue weighted by Crippen LogP contribution is 2.37. The summed E-state index contributed by atoms with van der Waals surface area (Å²) in [6.07, 6.45) is 23.1. The molecule has 0 saturated carbocycles. The molecule has 37 heavy (non-hydrogen) atoms. The maximum Gasteiger partial charge on any atom is 0.505 e. The minimum Gasteiger partial charge on any atom is -0.399 e. The van der Waals surface area contributed by atoms with Gasteiger partial charge in [0.2, 0.25) is 0 Å². The van der Waals surface area contributed by atoms with Crippen molar-refractivity contribution in [3.05, 3.63) is 38.4 Å². The Morgan fingerprint density at radius 1 is 0.703 bits per heavy atom. The highest BCUT2D eigenvalue weighted by atomic mass is 32.1. The average Bonchev–Trinajstić information content (AvgIpc) is 3.53. The van der Waals surface area contributed by atoms with Crippen LogP contribution in [0, 0.1) is 0 Å². The fourth-order valence-corrected chi connectivity index (χ4v) is 6.84. The van der Waals surface area contributed by atoms with Crippen molar-refractivity contribution in [3.8, 4) is 0 Å². The van der Waals surface area contributed by atoms with Gasteiger partial charge in [-0.15, -0.1) is 22.7 Å². The van der Waals surface area contributed by atoms with Gasteiger partial charge in [-0.05, 0) is 94.2 Å². The Balaban J connectivity index is 1.68. The number of unbranched alkanes of at least 4 members (excludes halogenated alkanes) is 10. The summed E-state index contributed by atoms with van der Waals surface area (Å²) in [4.78, 5) is 2.79. The second-order valence-electron chi connectivity index (χ2n) is 11.8. The van der Waals surface area contributed by atoms with Crippen LogP contribution < -0.4 is 4.78 Å². The molecule has 2 nitrogen and oxygen atoms in total. The van der Waals surface area contributed by atoms with Crippen LogP contribution in [0.15, 0.2) is 17.5 Å². The zero-order valence-electron chi connectivity index (χ0n) is 24.5. The van der Waals surface area contributed by atoms with Crippen LogP contribution >= 0.6 is 22.7 Å². The van der Waals surface area contributed by atoms with Gasteiger partial charge < -0.3 is 9.31 Å². The number of thiophene rings is 2. The second kappa shape index (κ2) is 15.1. The molecule has 0 amide bonds. The lowest BCUT2D eigenvalue weighted by atomic mass is 9.87. The summed E-state index contributed by atoms with van der Waals surface area (Å²) < 4.78 is 14.0. The largest absolute Gasteiger partial charge is 0.505 e. The Kier molecular flexibility index (Phi) is 12.5. The summed E-state index contributed by atoms with van der Waals surface area (Å²) in [6.45, 7) is 13.1. The number of aryl methyl sites for hydroxylation is 2. The molecule has 0 atom stereocenters. The van der Waals surface area contributed by atoms with Crippen LogP contribution in [0.1, 0.15) is 139 Å². The van der Waals surface area contributed by atoms with Crippen molar-refractivity contribution in [2.24, 2.45) is 0 Å². The first-order valence-electron chi connectivity index (χ1n) is 15.0. The van der Waals surface area contributed by atoms with Crippen LogP contribution in [0.25, 0.3) is 12.2 Å². The molecule has 1 aliphatic rings. The molecule has 0 N–H and O–H groups in total. The van der Waals surface area contributed by atoms with Gasteiger partial charge in [-0.2, -0.15) is 0 Å². The molecule has 3 rings (SSSR count). The highest BCUT2D eigenvalue weighted by Gasteiger charge is 2.52. The van der Waals surface area contributed by atoms with Gasteiger partial charge in [0.15, 0.2) is 0 Å². The first-order chi connectivity index (χ1) is 17.8. The molecule has 0 aromatic carbocycles. The molecule has 1 fully saturated rings. The van der Waals surface area contributed by atoms with Crippen LogP contribution in [0.4, 0.5) is 0 Å². The van der Waals surface area contributed by atoms with Gasteiger partial charge in [0, 0.05) is 14.5 Å². The van der Waals surface area contributed by atoms with E-state index in [2.05, 4.69) is 71.2 Å². The van der Waals surface area contributed by atoms with E-state index in [1.165, 1.54) is 109 Å². The predicted octanol–water partition coefficient (Wildman–Crippen LogP) is 10.1. The fraction of sp³-hybridized carbons (Fsp3) is 0.688. The summed E-state index contributed by atoms with van der Waals surface area (Å²) in [5.74, 6) is 0. The molecule has 0 radical (unpaired) electrons. The van der Waals surface area contributed by atoms with Crippen LogP contribution in [0.3, 0.4) is 0 Å². The number of hydrogen-bond acceptors (Lipinski definition) is 4. The quantitative estimate of drug-likeness (QED) is 0.146.